The molecular formula is C6H14BrNO. The van der Waals surface area contributed by atoms with Crippen LogP contribution in [0.15, 0.2) is 12.0 Å². The average molecular weight is 196 g/mol. The van der Waals surface area contributed by atoms with Gasteiger partial charge in [-0.3, -0.25) is 4.48 Å². The molecule has 0 saturated heterocycles. The zero-order valence-corrected chi connectivity index (χ0v) is 7.94. The Bertz CT molecular complexity index is 104. The number of aliphatic hydroxyl groups excluding tert-OH is 1. The summed E-state index contributed by atoms with van der Waals surface area (Å²) >= 11 is 0. The normalized spacial score (nSPS) is 12.7. The lowest BCUT2D eigenvalue weighted by Crippen LogP contribution is -3.00. The van der Waals surface area contributed by atoms with E-state index in [-0.39, 0.29) is 17.0 Å². The highest BCUT2D eigenvalue weighted by molar-refractivity contribution is 4.75. The molecule has 0 aliphatic heterocycles. The lowest BCUT2D eigenvalue weighted by Gasteiger charge is -2.20. The van der Waals surface area contributed by atoms with E-state index in [1.54, 1.807) is 6.08 Å². The van der Waals surface area contributed by atoms with Crippen LogP contribution in [0.2, 0.25) is 0 Å². The van der Waals surface area contributed by atoms with Crippen molar-refractivity contribution in [2.24, 2.45) is 0 Å². The van der Waals surface area contributed by atoms with Crippen molar-refractivity contribution < 1.29 is 26.6 Å². The number of hydrogen-bond acceptors (Lipinski definition) is 1. The second-order valence-electron chi connectivity index (χ2n) is 2.66. The predicted molar refractivity (Wildman–Crippen MR) is 34.4 cm³/mol. The van der Waals surface area contributed by atoms with Gasteiger partial charge in [0.15, 0.2) is 0 Å². The Hall–Kier alpha value is -0.0200. The third-order valence-electron chi connectivity index (χ3n) is 0.945. The summed E-state index contributed by atoms with van der Waals surface area (Å²) in [5.41, 5.74) is 0. The highest BCUT2D eigenvalue weighted by Crippen LogP contribution is 2.00. The van der Waals surface area contributed by atoms with Gasteiger partial charge in [-0.25, -0.2) is 0 Å². The van der Waals surface area contributed by atoms with E-state index >= 15 is 0 Å². The van der Waals surface area contributed by atoms with Gasteiger partial charge >= 0.3 is 0 Å². The summed E-state index contributed by atoms with van der Waals surface area (Å²) < 4.78 is 0.497. The first-order chi connectivity index (χ1) is 3.48. The molecule has 0 aliphatic carbocycles. The van der Waals surface area contributed by atoms with Crippen molar-refractivity contribution in [3.8, 4) is 0 Å². The second-order valence-corrected chi connectivity index (χ2v) is 2.66. The number of quaternary nitrogens is 1. The van der Waals surface area contributed by atoms with Crippen LogP contribution in [0.4, 0.5) is 0 Å². The molecule has 2 nitrogen and oxygen atoms in total. The Labute approximate surface area is 67.2 Å². The molecule has 3 heteroatoms. The Balaban J connectivity index is 0. The molecular weight excluding hydrogens is 182 g/mol. The molecule has 0 unspecified atom stereocenters. The summed E-state index contributed by atoms with van der Waals surface area (Å²) in [6.45, 7) is 1.82. The maximum atomic E-state index is 9.03. The van der Waals surface area contributed by atoms with Crippen LogP contribution in [-0.4, -0.2) is 30.7 Å². The van der Waals surface area contributed by atoms with Gasteiger partial charge in [-0.2, -0.15) is 0 Å². The fraction of sp³-hybridized carbons (Fsp3) is 0.667. The van der Waals surface area contributed by atoms with Crippen LogP contribution in [0, 0.1) is 0 Å². The monoisotopic (exact) mass is 195 g/mol. The first kappa shape index (κ1) is 11.7. The molecule has 0 aromatic heterocycles. The van der Waals surface area contributed by atoms with Gasteiger partial charge in [-0.05, 0) is 6.92 Å². The lowest BCUT2D eigenvalue weighted by atomic mass is 10.5. The highest BCUT2D eigenvalue weighted by atomic mass is 79.9. The molecule has 0 rings (SSSR count). The van der Waals surface area contributed by atoms with Gasteiger partial charge in [0.25, 0.3) is 5.88 Å². The van der Waals surface area contributed by atoms with E-state index < -0.39 is 0 Å². The molecule has 1 N–H and O–H groups in total. The maximum Gasteiger partial charge on any atom is 0.283 e. The second kappa shape index (κ2) is 3.90. The standard InChI is InChI=1S/C6H13NO.BrH/c1-5-6(8)7(2,3)4;/h5H,1-4H3;1H/b6-5-;. The first-order valence-electron chi connectivity index (χ1n) is 2.65. The van der Waals surface area contributed by atoms with Crippen LogP contribution < -0.4 is 17.0 Å². The molecule has 0 heterocycles. The van der Waals surface area contributed by atoms with Crippen molar-refractivity contribution >= 4 is 0 Å². The molecule has 0 bridgehead atoms. The summed E-state index contributed by atoms with van der Waals surface area (Å²) in [6.07, 6.45) is 1.69. The van der Waals surface area contributed by atoms with Gasteiger partial charge < -0.3 is 22.1 Å². The zero-order valence-electron chi connectivity index (χ0n) is 6.35. The van der Waals surface area contributed by atoms with E-state index in [2.05, 4.69) is 0 Å². The summed E-state index contributed by atoms with van der Waals surface area (Å²) in [5.74, 6) is 0.394. The van der Waals surface area contributed by atoms with Crippen molar-refractivity contribution in [3.05, 3.63) is 12.0 Å². The maximum absolute atomic E-state index is 9.03. The minimum atomic E-state index is 0. The van der Waals surface area contributed by atoms with Gasteiger partial charge in [0.1, 0.15) is 0 Å². The summed E-state index contributed by atoms with van der Waals surface area (Å²) in [6, 6.07) is 0. The molecule has 0 aromatic rings. The Morgan fingerprint density at radius 3 is 1.67 bits per heavy atom. The third kappa shape index (κ3) is 4.48. The summed E-state index contributed by atoms with van der Waals surface area (Å²) in [4.78, 5) is 0. The largest absolute Gasteiger partial charge is 1.00 e. The molecule has 0 spiro atoms. The Morgan fingerprint density at radius 2 is 1.67 bits per heavy atom. The van der Waals surface area contributed by atoms with Crippen LogP contribution in [0.1, 0.15) is 6.92 Å². The number of nitrogens with zero attached hydrogens (tertiary/aromatic N) is 1. The fourth-order valence-electron chi connectivity index (χ4n) is 0.387. The van der Waals surface area contributed by atoms with Crippen molar-refractivity contribution in [2.45, 2.75) is 6.92 Å². The lowest BCUT2D eigenvalue weighted by molar-refractivity contribution is -0.847. The molecule has 0 fully saturated rings. The van der Waals surface area contributed by atoms with E-state index in [9.17, 15) is 0 Å². The first-order valence-corrected chi connectivity index (χ1v) is 2.65. The number of aliphatic hydroxyl groups is 1. The number of halogens is 1. The van der Waals surface area contributed by atoms with Crippen LogP contribution in [-0.2, 0) is 0 Å². The van der Waals surface area contributed by atoms with E-state index in [1.807, 2.05) is 28.1 Å². The molecule has 0 aliphatic rings. The Morgan fingerprint density at radius 1 is 1.33 bits per heavy atom. The van der Waals surface area contributed by atoms with Crippen molar-refractivity contribution in [3.63, 3.8) is 0 Å². The molecule has 0 radical (unpaired) electrons. The van der Waals surface area contributed by atoms with Crippen molar-refractivity contribution in [2.75, 3.05) is 21.1 Å². The molecule has 56 valence electrons. The van der Waals surface area contributed by atoms with Crippen LogP contribution in [0.25, 0.3) is 0 Å². The van der Waals surface area contributed by atoms with Gasteiger partial charge in [0.05, 0.1) is 21.1 Å². The van der Waals surface area contributed by atoms with Crippen LogP contribution >= 0.6 is 0 Å². The van der Waals surface area contributed by atoms with Crippen LogP contribution in [0.5, 0.6) is 0 Å². The van der Waals surface area contributed by atoms with Gasteiger partial charge in [0, 0.05) is 6.08 Å². The number of allylic oxidation sites excluding steroid dienone is 1. The Kier molecular flexibility index (Phi) is 5.09. The minimum Gasteiger partial charge on any atom is -1.00 e. The zero-order chi connectivity index (χ0) is 6.78. The quantitative estimate of drug-likeness (QED) is 0.384. The van der Waals surface area contributed by atoms with E-state index in [4.69, 9.17) is 5.11 Å². The van der Waals surface area contributed by atoms with Gasteiger partial charge in [-0.15, -0.1) is 0 Å². The predicted octanol–water partition coefficient (Wildman–Crippen LogP) is -1.88. The summed E-state index contributed by atoms with van der Waals surface area (Å²) in [5, 5.41) is 9.03. The number of hydrogen-bond donors (Lipinski definition) is 1. The van der Waals surface area contributed by atoms with E-state index in [0.29, 0.717) is 10.4 Å². The molecule has 0 amide bonds. The topological polar surface area (TPSA) is 20.2 Å². The van der Waals surface area contributed by atoms with E-state index in [1.165, 1.54) is 0 Å². The SMILES string of the molecule is C/C=C(\O)[N+](C)(C)C.[Br-]. The average Bonchev–Trinajstić information content (AvgIpc) is 1.62. The van der Waals surface area contributed by atoms with Crippen molar-refractivity contribution in [1.82, 2.24) is 0 Å². The fourth-order valence-corrected chi connectivity index (χ4v) is 0.387. The minimum absolute atomic E-state index is 0. The van der Waals surface area contributed by atoms with E-state index in [0.717, 1.165) is 0 Å². The smallest absolute Gasteiger partial charge is 0.283 e. The van der Waals surface area contributed by atoms with Crippen LogP contribution in [0.3, 0.4) is 0 Å². The third-order valence-corrected chi connectivity index (χ3v) is 0.945. The van der Waals surface area contributed by atoms with Crippen molar-refractivity contribution in [1.29, 1.82) is 0 Å². The highest BCUT2D eigenvalue weighted by Gasteiger charge is 2.11. The molecule has 0 saturated carbocycles. The van der Waals surface area contributed by atoms with Gasteiger partial charge in [-0.1, -0.05) is 0 Å². The summed E-state index contributed by atoms with van der Waals surface area (Å²) in [7, 11) is 5.74. The number of rotatable bonds is 1. The molecule has 0 aromatic carbocycles. The molecule has 0 atom stereocenters. The molecule has 9 heavy (non-hydrogen) atoms. The van der Waals surface area contributed by atoms with Gasteiger partial charge in [0.2, 0.25) is 0 Å².